The van der Waals surface area contributed by atoms with E-state index in [0.29, 0.717) is 17.8 Å². The number of imidazole rings is 1. The Bertz CT molecular complexity index is 1140. The van der Waals surface area contributed by atoms with E-state index in [1.807, 2.05) is 18.6 Å². The molecule has 10 heteroatoms. The van der Waals surface area contributed by atoms with Gasteiger partial charge in [0.25, 0.3) is 0 Å². The van der Waals surface area contributed by atoms with E-state index in [1.54, 1.807) is 0 Å². The average Bonchev–Trinajstić information content (AvgIpc) is 3.63. The third-order valence-corrected chi connectivity index (χ3v) is 7.51. The second-order valence-corrected chi connectivity index (χ2v) is 9.96. The molecule has 3 N–H and O–H groups in total. The van der Waals surface area contributed by atoms with Crippen molar-refractivity contribution >= 4 is 28.6 Å². The van der Waals surface area contributed by atoms with Crippen LogP contribution in [0.3, 0.4) is 0 Å². The van der Waals surface area contributed by atoms with Crippen LogP contribution in [-0.4, -0.2) is 73.0 Å². The van der Waals surface area contributed by atoms with E-state index >= 15 is 0 Å². The highest BCUT2D eigenvalue weighted by molar-refractivity contribution is 5.86. The van der Waals surface area contributed by atoms with E-state index in [-0.39, 0.29) is 12.1 Å². The van der Waals surface area contributed by atoms with Crippen molar-refractivity contribution in [2.24, 2.45) is 0 Å². The minimum Gasteiger partial charge on any atom is -0.391 e. The quantitative estimate of drug-likeness (QED) is 0.471. The molecule has 0 amide bonds. The van der Waals surface area contributed by atoms with E-state index in [2.05, 4.69) is 31.2 Å². The summed E-state index contributed by atoms with van der Waals surface area (Å²) in [7, 11) is 0. The number of hydrogen-bond acceptors (Lipinski definition) is 9. The lowest BCUT2D eigenvalue weighted by Gasteiger charge is -2.26. The van der Waals surface area contributed by atoms with Gasteiger partial charge in [0.1, 0.15) is 0 Å². The standard InChI is InChI=1S/C25H34N8O2/c34-21-7-3-6-20(21)29-25-30-23(22-24(31-25)33(16-27-22)19-4-1-2-5-19)28-17-8-9-18(26-14-17)15-32-10-12-35-13-11-32/h8-9,14,16,19-21,34H,1-7,10-13,15H2,(H2,28,29,30,31). The second-order valence-electron chi connectivity index (χ2n) is 9.96. The molecule has 2 unspecified atom stereocenters. The number of hydrogen-bond donors (Lipinski definition) is 3. The molecule has 10 nitrogen and oxygen atoms in total. The van der Waals surface area contributed by atoms with Gasteiger partial charge in [-0.3, -0.25) is 9.88 Å². The first-order valence-corrected chi connectivity index (χ1v) is 12.9. The molecule has 0 radical (unpaired) electrons. The first-order valence-electron chi connectivity index (χ1n) is 12.9. The number of fused-ring (bicyclic) bond motifs is 1. The predicted octanol–water partition coefficient (Wildman–Crippen LogP) is 3.24. The van der Waals surface area contributed by atoms with E-state index in [4.69, 9.17) is 19.7 Å². The predicted molar refractivity (Wildman–Crippen MR) is 134 cm³/mol. The third-order valence-electron chi connectivity index (χ3n) is 7.51. The summed E-state index contributed by atoms with van der Waals surface area (Å²) in [6, 6.07) is 4.50. The van der Waals surface area contributed by atoms with Crippen LogP contribution in [0.15, 0.2) is 24.7 Å². The molecule has 0 bridgehead atoms. The Hall–Kier alpha value is -2.82. The first-order chi connectivity index (χ1) is 17.2. The van der Waals surface area contributed by atoms with Crippen LogP contribution in [0.25, 0.3) is 11.2 Å². The normalized spacial score (nSPS) is 23.8. The molecule has 35 heavy (non-hydrogen) atoms. The highest BCUT2D eigenvalue weighted by Gasteiger charge is 2.27. The average molecular weight is 479 g/mol. The number of ether oxygens (including phenoxy) is 1. The smallest absolute Gasteiger partial charge is 0.227 e. The van der Waals surface area contributed by atoms with E-state index in [9.17, 15) is 5.11 Å². The maximum absolute atomic E-state index is 10.3. The number of nitrogens with zero attached hydrogens (tertiary/aromatic N) is 6. The maximum Gasteiger partial charge on any atom is 0.227 e. The van der Waals surface area contributed by atoms with Crippen LogP contribution in [0.5, 0.6) is 0 Å². The minimum absolute atomic E-state index is 0.0238. The highest BCUT2D eigenvalue weighted by Crippen LogP contribution is 2.34. The van der Waals surface area contributed by atoms with Crippen LogP contribution >= 0.6 is 0 Å². The molecule has 2 atom stereocenters. The number of pyridine rings is 1. The maximum atomic E-state index is 10.3. The van der Waals surface area contributed by atoms with Gasteiger partial charge < -0.3 is 25.0 Å². The van der Waals surface area contributed by atoms with Gasteiger partial charge >= 0.3 is 0 Å². The lowest BCUT2D eigenvalue weighted by atomic mass is 10.2. The zero-order valence-electron chi connectivity index (χ0n) is 20.1. The zero-order chi connectivity index (χ0) is 23.6. The Balaban J connectivity index is 1.26. The van der Waals surface area contributed by atoms with Crippen molar-refractivity contribution in [3.8, 4) is 0 Å². The summed E-state index contributed by atoms with van der Waals surface area (Å²) in [6.07, 6.45) is 10.9. The van der Waals surface area contributed by atoms with Crippen molar-refractivity contribution in [3.05, 3.63) is 30.4 Å². The highest BCUT2D eigenvalue weighted by atomic mass is 16.5. The molecule has 2 saturated carbocycles. The summed E-state index contributed by atoms with van der Waals surface area (Å²) in [6.45, 7) is 4.27. The number of rotatable bonds is 7. The van der Waals surface area contributed by atoms with Gasteiger partial charge in [-0.05, 0) is 44.2 Å². The Kier molecular flexibility index (Phi) is 6.49. The van der Waals surface area contributed by atoms with Gasteiger partial charge in [-0.25, -0.2) is 4.98 Å². The molecular formula is C25H34N8O2. The van der Waals surface area contributed by atoms with Crippen LogP contribution in [0.2, 0.25) is 0 Å². The van der Waals surface area contributed by atoms with Crippen molar-refractivity contribution < 1.29 is 9.84 Å². The lowest BCUT2D eigenvalue weighted by Crippen LogP contribution is -2.35. The molecule has 0 spiro atoms. The summed E-state index contributed by atoms with van der Waals surface area (Å²) in [5.41, 5.74) is 3.49. The van der Waals surface area contributed by atoms with Crippen LogP contribution in [0.4, 0.5) is 17.5 Å². The van der Waals surface area contributed by atoms with Crippen molar-refractivity contribution in [2.45, 2.75) is 69.7 Å². The number of nitrogens with one attached hydrogen (secondary N) is 2. The monoisotopic (exact) mass is 478 g/mol. The fraction of sp³-hybridized carbons (Fsp3) is 0.600. The zero-order valence-corrected chi connectivity index (χ0v) is 20.1. The number of aromatic nitrogens is 5. The molecule has 1 saturated heterocycles. The van der Waals surface area contributed by atoms with Gasteiger partial charge in [0.2, 0.25) is 5.95 Å². The Labute approximate surface area is 205 Å². The van der Waals surface area contributed by atoms with Gasteiger partial charge in [-0.2, -0.15) is 9.97 Å². The van der Waals surface area contributed by atoms with Gasteiger partial charge in [-0.15, -0.1) is 0 Å². The van der Waals surface area contributed by atoms with E-state index < -0.39 is 0 Å². The topological polar surface area (TPSA) is 113 Å². The summed E-state index contributed by atoms with van der Waals surface area (Å²) in [5.74, 6) is 1.19. The largest absolute Gasteiger partial charge is 0.391 e. The fourth-order valence-electron chi connectivity index (χ4n) is 5.51. The van der Waals surface area contributed by atoms with Gasteiger partial charge in [0.15, 0.2) is 17.0 Å². The van der Waals surface area contributed by atoms with Crippen LogP contribution < -0.4 is 10.6 Å². The molecule has 2 aliphatic carbocycles. The summed E-state index contributed by atoms with van der Waals surface area (Å²) in [5, 5.41) is 17.1. The minimum atomic E-state index is -0.367. The molecule has 3 aromatic heterocycles. The molecular weight excluding hydrogens is 444 g/mol. The summed E-state index contributed by atoms with van der Waals surface area (Å²) < 4.78 is 7.64. The molecule has 0 aromatic carbocycles. The molecule has 1 aliphatic heterocycles. The first kappa shape index (κ1) is 22.6. The molecule has 3 aromatic rings. The van der Waals surface area contributed by atoms with Gasteiger partial charge in [-0.1, -0.05) is 12.8 Å². The summed E-state index contributed by atoms with van der Waals surface area (Å²) in [4.78, 5) is 21.4. The van der Waals surface area contributed by atoms with E-state index in [1.165, 1.54) is 12.8 Å². The SMILES string of the molecule is OC1CCCC1Nc1nc(Nc2ccc(CN3CCOCC3)nc2)c2ncn(C3CCCC3)c2n1. The third kappa shape index (κ3) is 4.96. The Morgan fingerprint density at radius 1 is 1.00 bits per heavy atom. The lowest BCUT2D eigenvalue weighted by molar-refractivity contribution is 0.0336. The Morgan fingerprint density at radius 2 is 1.86 bits per heavy atom. The van der Waals surface area contributed by atoms with Crippen molar-refractivity contribution in [1.82, 2.24) is 29.4 Å². The molecule has 3 fully saturated rings. The number of aliphatic hydroxyl groups is 1. The summed E-state index contributed by atoms with van der Waals surface area (Å²) >= 11 is 0. The van der Waals surface area contributed by atoms with Crippen LogP contribution in [-0.2, 0) is 11.3 Å². The number of aliphatic hydroxyl groups excluding tert-OH is 1. The molecule has 4 heterocycles. The van der Waals surface area contributed by atoms with Crippen LogP contribution in [0, 0.1) is 0 Å². The van der Waals surface area contributed by atoms with Crippen molar-refractivity contribution in [2.75, 3.05) is 36.9 Å². The van der Waals surface area contributed by atoms with Gasteiger partial charge in [0.05, 0.1) is 49.3 Å². The molecule has 3 aliphatic rings. The van der Waals surface area contributed by atoms with E-state index in [0.717, 1.165) is 87.5 Å². The molecule has 186 valence electrons. The van der Waals surface area contributed by atoms with Crippen LogP contribution in [0.1, 0.15) is 56.7 Å². The second kappa shape index (κ2) is 10.0. The fourth-order valence-corrected chi connectivity index (χ4v) is 5.51. The van der Waals surface area contributed by atoms with Crippen molar-refractivity contribution in [1.29, 1.82) is 0 Å². The number of morpholine rings is 1. The van der Waals surface area contributed by atoms with Gasteiger partial charge in [0, 0.05) is 25.7 Å². The van der Waals surface area contributed by atoms with Crippen molar-refractivity contribution in [3.63, 3.8) is 0 Å². The number of anilines is 3. The Morgan fingerprint density at radius 3 is 2.60 bits per heavy atom. The molecule has 6 rings (SSSR count).